The van der Waals surface area contributed by atoms with Crippen LogP contribution in [-0.2, 0) is 0 Å². The molecule has 1 saturated heterocycles. The summed E-state index contributed by atoms with van der Waals surface area (Å²) in [4.78, 5) is 6.71. The molecule has 99 valence electrons. The average Bonchev–Trinajstić information content (AvgIpc) is 2.48. The molecule has 1 aliphatic rings. The lowest BCUT2D eigenvalue weighted by Crippen LogP contribution is -2.37. The van der Waals surface area contributed by atoms with E-state index in [2.05, 4.69) is 16.0 Å². The van der Waals surface area contributed by atoms with Gasteiger partial charge in [-0.1, -0.05) is 11.6 Å². The van der Waals surface area contributed by atoms with E-state index in [0.717, 1.165) is 42.5 Å². The molecule has 0 aliphatic carbocycles. The second-order valence-electron chi connectivity index (χ2n) is 5.02. The molecule has 4 heteroatoms. The molecule has 19 heavy (non-hydrogen) atoms. The van der Waals surface area contributed by atoms with Crippen molar-refractivity contribution in [1.82, 2.24) is 4.98 Å². The molecule has 0 amide bonds. The summed E-state index contributed by atoms with van der Waals surface area (Å²) in [6, 6.07) is 8.93. The molecule has 0 spiro atoms. The van der Waals surface area contributed by atoms with Crippen LogP contribution in [0, 0.1) is 12.0 Å². The van der Waals surface area contributed by atoms with E-state index >= 15 is 0 Å². The van der Waals surface area contributed by atoms with Gasteiger partial charge in [0.2, 0.25) is 0 Å². The number of anilines is 1. The Bertz CT molecular complexity index is 587. The number of aliphatic hydroxyl groups excluding tert-OH is 1. The molecule has 1 fully saturated rings. The van der Waals surface area contributed by atoms with Gasteiger partial charge in [-0.25, -0.2) is 0 Å². The number of nitrogens with zero attached hydrogens (tertiary/aromatic N) is 2. The van der Waals surface area contributed by atoms with E-state index in [1.807, 2.05) is 18.2 Å². The molecule has 1 aromatic carbocycles. The smallest absolute Gasteiger partial charge is 0.0956 e. The Labute approximate surface area is 117 Å². The fourth-order valence-corrected chi connectivity index (χ4v) is 2.93. The standard InChI is InChI=1S/C15H16ClN2O/c16-13-5-6-14(15-12(13)4-1-7-17-15)18-8-2-3-11(9-18)10-19/h1,4-5,7,11,19H,2-3,8-10H2. The summed E-state index contributed by atoms with van der Waals surface area (Å²) in [6.45, 7) is 2.09. The molecule has 1 atom stereocenters. The Balaban J connectivity index is 2.03. The molecular weight excluding hydrogens is 260 g/mol. The van der Waals surface area contributed by atoms with Gasteiger partial charge in [0.15, 0.2) is 0 Å². The van der Waals surface area contributed by atoms with Crippen LogP contribution >= 0.6 is 11.6 Å². The summed E-state index contributed by atoms with van der Waals surface area (Å²) in [5, 5.41) is 11.0. The zero-order valence-corrected chi connectivity index (χ0v) is 11.4. The molecule has 3 nitrogen and oxygen atoms in total. The van der Waals surface area contributed by atoms with Crippen LogP contribution in [0.15, 0.2) is 24.4 Å². The van der Waals surface area contributed by atoms with Crippen LogP contribution in [0.2, 0.25) is 5.02 Å². The van der Waals surface area contributed by atoms with Crippen LogP contribution in [0.3, 0.4) is 0 Å². The Morgan fingerprint density at radius 3 is 3.26 bits per heavy atom. The fourth-order valence-electron chi connectivity index (χ4n) is 2.72. The lowest BCUT2D eigenvalue weighted by molar-refractivity contribution is 0.209. The fraction of sp³-hybridized carbons (Fsp3) is 0.400. The second kappa shape index (κ2) is 5.35. The first kappa shape index (κ1) is 12.7. The maximum Gasteiger partial charge on any atom is 0.0956 e. The molecule has 2 aromatic rings. The van der Waals surface area contributed by atoms with Crippen LogP contribution < -0.4 is 4.90 Å². The van der Waals surface area contributed by atoms with E-state index in [1.165, 1.54) is 0 Å². The molecule has 0 bridgehead atoms. The predicted molar refractivity (Wildman–Crippen MR) is 77.6 cm³/mol. The van der Waals surface area contributed by atoms with Gasteiger partial charge in [0.1, 0.15) is 0 Å². The van der Waals surface area contributed by atoms with Crippen molar-refractivity contribution >= 4 is 28.2 Å². The van der Waals surface area contributed by atoms with Crippen molar-refractivity contribution in [2.75, 3.05) is 24.6 Å². The number of benzene rings is 1. The Morgan fingerprint density at radius 2 is 2.42 bits per heavy atom. The normalized spacial score (nSPS) is 19.9. The summed E-state index contributed by atoms with van der Waals surface area (Å²) in [7, 11) is 0. The Kier molecular flexibility index (Phi) is 3.58. The lowest BCUT2D eigenvalue weighted by atomic mass is 9.98. The maximum atomic E-state index is 9.34. The van der Waals surface area contributed by atoms with Crippen molar-refractivity contribution in [3.63, 3.8) is 0 Å². The minimum Gasteiger partial charge on any atom is -0.396 e. The summed E-state index contributed by atoms with van der Waals surface area (Å²) in [6.07, 6.45) is 3.96. The van der Waals surface area contributed by atoms with Crippen LogP contribution in [0.1, 0.15) is 12.8 Å². The molecule has 1 aliphatic heterocycles. The van der Waals surface area contributed by atoms with E-state index in [-0.39, 0.29) is 6.61 Å². The zero-order valence-electron chi connectivity index (χ0n) is 10.6. The van der Waals surface area contributed by atoms with Gasteiger partial charge in [-0.05, 0) is 37.0 Å². The number of rotatable bonds is 2. The van der Waals surface area contributed by atoms with Crippen LogP contribution in [0.4, 0.5) is 5.69 Å². The minimum atomic E-state index is 0.245. The van der Waals surface area contributed by atoms with Crippen LogP contribution in [0.5, 0.6) is 0 Å². The third-order valence-corrected chi connectivity index (χ3v) is 4.03. The van der Waals surface area contributed by atoms with Gasteiger partial charge in [0.25, 0.3) is 0 Å². The minimum absolute atomic E-state index is 0.245. The number of pyridine rings is 1. The molecule has 0 saturated carbocycles. The van der Waals surface area contributed by atoms with Crippen LogP contribution in [0.25, 0.3) is 10.9 Å². The molecule has 3 rings (SSSR count). The highest BCUT2D eigenvalue weighted by molar-refractivity contribution is 6.35. The van der Waals surface area contributed by atoms with Gasteiger partial charge in [-0.3, -0.25) is 4.98 Å². The monoisotopic (exact) mass is 275 g/mol. The van der Waals surface area contributed by atoms with Crippen molar-refractivity contribution in [2.24, 2.45) is 5.92 Å². The van der Waals surface area contributed by atoms with Gasteiger partial charge in [0, 0.05) is 37.3 Å². The molecule has 2 heterocycles. The van der Waals surface area contributed by atoms with Gasteiger partial charge in [0.05, 0.1) is 16.2 Å². The first-order valence-electron chi connectivity index (χ1n) is 6.60. The van der Waals surface area contributed by atoms with E-state index in [4.69, 9.17) is 11.6 Å². The third kappa shape index (κ3) is 2.40. The molecule has 1 aromatic heterocycles. The number of fused-ring (bicyclic) bond motifs is 1. The van der Waals surface area contributed by atoms with Gasteiger partial charge >= 0.3 is 0 Å². The SMILES string of the molecule is OCC1CCCN(c2[c]cc(Cl)c3cccnc23)C1. The molecule has 1 N–H and O–H groups in total. The van der Waals surface area contributed by atoms with Crippen molar-refractivity contribution in [1.29, 1.82) is 0 Å². The first-order valence-corrected chi connectivity index (χ1v) is 6.98. The Hall–Kier alpha value is -1.32. The Morgan fingerprint density at radius 1 is 1.53 bits per heavy atom. The van der Waals surface area contributed by atoms with E-state index in [9.17, 15) is 5.11 Å². The molecule has 1 radical (unpaired) electrons. The highest BCUT2D eigenvalue weighted by Gasteiger charge is 2.21. The maximum absolute atomic E-state index is 9.34. The van der Waals surface area contributed by atoms with Gasteiger partial charge < -0.3 is 10.0 Å². The van der Waals surface area contributed by atoms with Crippen molar-refractivity contribution in [3.05, 3.63) is 35.5 Å². The van der Waals surface area contributed by atoms with Crippen molar-refractivity contribution < 1.29 is 5.11 Å². The summed E-state index contributed by atoms with van der Waals surface area (Å²) in [5.41, 5.74) is 1.90. The molecule has 1 unspecified atom stereocenters. The topological polar surface area (TPSA) is 36.4 Å². The number of halogens is 1. The predicted octanol–water partition coefficient (Wildman–Crippen LogP) is 2.90. The largest absolute Gasteiger partial charge is 0.396 e. The first-order chi connectivity index (χ1) is 9.29. The number of aliphatic hydroxyl groups is 1. The van der Waals surface area contributed by atoms with E-state index in [0.29, 0.717) is 10.9 Å². The third-order valence-electron chi connectivity index (χ3n) is 3.72. The van der Waals surface area contributed by atoms with Gasteiger partial charge in [-0.2, -0.15) is 0 Å². The molecular formula is C15H16ClN2O. The van der Waals surface area contributed by atoms with E-state index in [1.54, 1.807) is 6.20 Å². The van der Waals surface area contributed by atoms with Gasteiger partial charge in [-0.15, -0.1) is 0 Å². The number of hydrogen-bond acceptors (Lipinski definition) is 3. The van der Waals surface area contributed by atoms with E-state index < -0.39 is 0 Å². The number of aromatic nitrogens is 1. The van der Waals surface area contributed by atoms with Crippen molar-refractivity contribution in [3.8, 4) is 0 Å². The highest BCUT2D eigenvalue weighted by Crippen LogP contribution is 2.32. The second-order valence-corrected chi connectivity index (χ2v) is 5.43. The summed E-state index contributed by atoms with van der Waals surface area (Å²) in [5.74, 6) is 0.344. The highest BCUT2D eigenvalue weighted by atomic mass is 35.5. The van der Waals surface area contributed by atoms with Crippen molar-refractivity contribution in [2.45, 2.75) is 12.8 Å². The number of piperidine rings is 1. The summed E-state index contributed by atoms with van der Waals surface area (Å²) < 4.78 is 0. The quantitative estimate of drug-likeness (QED) is 0.916. The zero-order chi connectivity index (χ0) is 13.2. The summed E-state index contributed by atoms with van der Waals surface area (Å²) >= 11 is 6.19. The number of hydrogen-bond donors (Lipinski definition) is 1. The van der Waals surface area contributed by atoms with Crippen LogP contribution in [-0.4, -0.2) is 29.8 Å². The average molecular weight is 276 g/mol. The lowest BCUT2D eigenvalue weighted by Gasteiger charge is -2.33.